The number of hydrogen-bond donors (Lipinski definition) is 1. The van der Waals surface area contributed by atoms with Gasteiger partial charge in [-0.05, 0) is 55.4 Å². The summed E-state index contributed by atoms with van der Waals surface area (Å²) in [6, 6.07) is 7.01. The first-order chi connectivity index (χ1) is 9.93. The van der Waals surface area contributed by atoms with Gasteiger partial charge in [-0.25, -0.2) is 4.79 Å². The van der Waals surface area contributed by atoms with Gasteiger partial charge in [-0.3, -0.25) is 0 Å². The Balaban J connectivity index is 1.69. The van der Waals surface area contributed by atoms with E-state index in [0.29, 0.717) is 16.7 Å². The van der Waals surface area contributed by atoms with Gasteiger partial charge in [0.2, 0.25) is 5.76 Å². The first kappa shape index (κ1) is 14.0. The molecule has 1 aromatic heterocycles. The highest BCUT2D eigenvalue weighted by Gasteiger charge is 2.29. The van der Waals surface area contributed by atoms with Crippen molar-refractivity contribution >= 4 is 22.6 Å². The molecule has 0 aliphatic heterocycles. The molecule has 1 fully saturated rings. The van der Waals surface area contributed by atoms with Crippen LogP contribution in [0.1, 0.15) is 50.1 Å². The van der Waals surface area contributed by atoms with Crippen molar-refractivity contribution in [3.8, 4) is 0 Å². The van der Waals surface area contributed by atoms with Crippen molar-refractivity contribution in [3.05, 3.63) is 30.0 Å². The van der Waals surface area contributed by atoms with Crippen LogP contribution in [0.2, 0.25) is 0 Å². The minimum atomic E-state index is -0.380. The maximum Gasteiger partial charge on any atom is 0.374 e. The fraction of sp³-hybridized carbons (Fsp3) is 0.471. The van der Waals surface area contributed by atoms with Gasteiger partial charge in [-0.15, -0.1) is 0 Å². The van der Waals surface area contributed by atoms with Crippen molar-refractivity contribution in [3.63, 3.8) is 0 Å². The average Bonchev–Trinajstić information content (AvgIpc) is 2.84. The molecule has 4 heteroatoms. The first-order valence-corrected chi connectivity index (χ1v) is 7.43. The van der Waals surface area contributed by atoms with E-state index in [4.69, 9.17) is 14.9 Å². The van der Waals surface area contributed by atoms with Gasteiger partial charge in [0.25, 0.3) is 0 Å². The second kappa shape index (κ2) is 5.10. The zero-order valence-corrected chi connectivity index (χ0v) is 12.5. The molecule has 0 amide bonds. The zero-order chi connectivity index (χ0) is 15.0. The fourth-order valence-corrected chi connectivity index (χ4v) is 2.86. The van der Waals surface area contributed by atoms with Gasteiger partial charge in [0.1, 0.15) is 11.7 Å². The summed E-state index contributed by atoms with van der Waals surface area (Å²) in [5, 5.41) is 0.826. The second-order valence-corrected chi connectivity index (χ2v) is 6.68. The van der Waals surface area contributed by atoms with Crippen LogP contribution >= 0.6 is 0 Å². The van der Waals surface area contributed by atoms with E-state index in [1.54, 1.807) is 24.3 Å². The van der Waals surface area contributed by atoms with Crippen LogP contribution in [0, 0.1) is 5.41 Å². The summed E-state index contributed by atoms with van der Waals surface area (Å²) in [5.41, 5.74) is 7.39. The van der Waals surface area contributed by atoms with E-state index < -0.39 is 0 Å². The van der Waals surface area contributed by atoms with Gasteiger partial charge >= 0.3 is 5.97 Å². The lowest BCUT2D eigenvalue weighted by Crippen LogP contribution is -2.28. The van der Waals surface area contributed by atoms with E-state index >= 15 is 0 Å². The Morgan fingerprint density at radius 2 is 2.00 bits per heavy atom. The fourth-order valence-electron chi connectivity index (χ4n) is 2.86. The summed E-state index contributed by atoms with van der Waals surface area (Å²) >= 11 is 0. The number of rotatable bonds is 2. The minimum Gasteiger partial charge on any atom is -0.457 e. The minimum absolute atomic E-state index is 0.00352. The summed E-state index contributed by atoms with van der Waals surface area (Å²) in [6.45, 7) is 4.52. The number of fused-ring (bicyclic) bond motifs is 1. The number of hydrogen-bond acceptors (Lipinski definition) is 4. The lowest BCUT2D eigenvalue weighted by Gasteiger charge is -2.33. The molecular weight excluding hydrogens is 266 g/mol. The van der Waals surface area contributed by atoms with Gasteiger partial charge in [-0.2, -0.15) is 0 Å². The number of ether oxygens (including phenoxy) is 1. The molecule has 21 heavy (non-hydrogen) atoms. The van der Waals surface area contributed by atoms with Gasteiger partial charge in [0, 0.05) is 11.1 Å². The van der Waals surface area contributed by atoms with E-state index in [1.165, 1.54) is 0 Å². The molecule has 2 N–H and O–H groups in total. The smallest absolute Gasteiger partial charge is 0.374 e. The van der Waals surface area contributed by atoms with Crippen molar-refractivity contribution in [1.29, 1.82) is 0 Å². The molecule has 3 rings (SSSR count). The van der Waals surface area contributed by atoms with Crippen molar-refractivity contribution in [2.45, 2.75) is 45.6 Å². The molecule has 0 radical (unpaired) electrons. The molecule has 1 saturated carbocycles. The molecule has 1 aromatic carbocycles. The van der Waals surface area contributed by atoms with Crippen LogP contribution in [0.5, 0.6) is 0 Å². The van der Waals surface area contributed by atoms with E-state index in [0.717, 1.165) is 31.1 Å². The number of esters is 1. The van der Waals surface area contributed by atoms with E-state index in [1.807, 2.05) is 0 Å². The SMILES string of the molecule is CC1(C)CCC(OC(=O)c2cc3cc(N)ccc3o2)CC1. The average molecular weight is 287 g/mol. The number of furan rings is 1. The Labute approximate surface area is 124 Å². The number of benzene rings is 1. The van der Waals surface area contributed by atoms with Crippen LogP contribution in [0.15, 0.2) is 28.7 Å². The normalized spacial score (nSPS) is 18.8. The third-order valence-corrected chi connectivity index (χ3v) is 4.30. The van der Waals surface area contributed by atoms with E-state index in [-0.39, 0.29) is 17.8 Å². The molecule has 1 aliphatic rings. The second-order valence-electron chi connectivity index (χ2n) is 6.68. The molecule has 0 saturated heterocycles. The molecule has 112 valence electrons. The first-order valence-electron chi connectivity index (χ1n) is 7.43. The summed E-state index contributed by atoms with van der Waals surface area (Å²) < 4.78 is 11.1. The van der Waals surface area contributed by atoms with E-state index in [9.17, 15) is 4.79 Å². The Morgan fingerprint density at radius 1 is 1.29 bits per heavy atom. The molecule has 1 aliphatic carbocycles. The van der Waals surface area contributed by atoms with E-state index in [2.05, 4.69) is 13.8 Å². The molecule has 4 nitrogen and oxygen atoms in total. The summed E-state index contributed by atoms with van der Waals surface area (Å²) in [5.74, 6) is -0.130. The summed E-state index contributed by atoms with van der Waals surface area (Å²) in [4.78, 5) is 12.2. The lowest BCUT2D eigenvalue weighted by atomic mass is 9.76. The van der Waals surface area contributed by atoms with Gasteiger partial charge < -0.3 is 14.9 Å². The summed E-state index contributed by atoms with van der Waals surface area (Å²) in [7, 11) is 0. The number of carbonyl (C=O) groups is 1. The van der Waals surface area contributed by atoms with Crippen molar-refractivity contribution in [1.82, 2.24) is 0 Å². The lowest BCUT2D eigenvalue weighted by molar-refractivity contribution is 0.00669. The molecule has 0 atom stereocenters. The van der Waals surface area contributed by atoms with Gasteiger partial charge in [0.15, 0.2) is 0 Å². The quantitative estimate of drug-likeness (QED) is 0.666. The molecule has 0 bridgehead atoms. The maximum absolute atomic E-state index is 12.2. The topological polar surface area (TPSA) is 65.5 Å². The monoisotopic (exact) mass is 287 g/mol. The van der Waals surface area contributed by atoms with Crippen LogP contribution in [0.25, 0.3) is 11.0 Å². The van der Waals surface area contributed by atoms with Crippen LogP contribution in [0.4, 0.5) is 5.69 Å². The zero-order valence-electron chi connectivity index (χ0n) is 12.5. The Hall–Kier alpha value is -1.97. The van der Waals surface area contributed by atoms with Crippen molar-refractivity contribution in [2.75, 3.05) is 5.73 Å². The van der Waals surface area contributed by atoms with Crippen molar-refractivity contribution in [2.24, 2.45) is 5.41 Å². The number of carbonyl (C=O) groups excluding carboxylic acids is 1. The van der Waals surface area contributed by atoms with Gasteiger partial charge in [-0.1, -0.05) is 13.8 Å². The highest BCUT2D eigenvalue weighted by Crippen LogP contribution is 2.36. The largest absolute Gasteiger partial charge is 0.457 e. The molecule has 2 aromatic rings. The third kappa shape index (κ3) is 3.04. The number of nitrogens with two attached hydrogens (primary N) is 1. The predicted octanol–water partition coefficient (Wildman–Crippen LogP) is 4.14. The number of anilines is 1. The maximum atomic E-state index is 12.2. The summed E-state index contributed by atoms with van der Waals surface area (Å²) in [6.07, 6.45) is 4.02. The third-order valence-electron chi connectivity index (χ3n) is 4.30. The van der Waals surface area contributed by atoms with Crippen LogP contribution in [0.3, 0.4) is 0 Å². The highest BCUT2D eigenvalue weighted by molar-refractivity contribution is 5.93. The molecule has 0 spiro atoms. The van der Waals surface area contributed by atoms with Crippen LogP contribution < -0.4 is 5.73 Å². The van der Waals surface area contributed by atoms with Crippen molar-refractivity contribution < 1.29 is 13.9 Å². The Morgan fingerprint density at radius 3 is 2.71 bits per heavy atom. The Kier molecular flexibility index (Phi) is 3.40. The molecular formula is C17H21NO3. The van der Waals surface area contributed by atoms with Gasteiger partial charge in [0.05, 0.1) is 0 Å². The standard InChI is InChI=1S/C17H21NO3/c1-17(2)7-5-13(6-8-17)20-16(19)15-10-11-9-12(18)3-4-14(11)21-15/h3-4,9-10,13H,5-8,18H2,1-2H3. The molecule has 0 unspecified atom stereocenters. The Bertz CT molecular complexity index is 662. The van der Waals surface area contributed by atoms with Crippen LogP contribution in [-0.4, -0.2) is 12.1 Å². The number of nitrogen functional groups attached to an aromatic ring is 1. The van der Waals surface area contributed by atoms with Crippen LogP contribution in [-0.2, 0) is 4.74 Å². The molecule has 1 heterocycles. The highest BCUT2D eigenvalue weighted by atomic mass is 16.6. The predicted molar refractivity (Wildman–Crippen MR) is 82.1 cm³/mol.